The van der Waals surface area contributed by atoms with Crippen LogP contribution in [0.3, 0.4) is 0 Å². The first-order valence-corrected chi connectivity index (χ1v) is 9.39. The highest BCUT2D eigenvalue weighted by atomic mass is 32.2. The summed E-state index contributed by atoms with van der Waals surface area (Å²) in [5.74, 6) is -0.136. The number of Topliss-reactive ketones (excluding diaryl/α,β-unsaturated/α-hetero) is 1. The molecule has 0 radical (unpaired) electrons. The van der Waals surface area contributed by atoms with Crippen LogP contribution in [0.2, 0.25) is 0 Å². The molecule has 0 atom stereocenters. The molecule has 0 aliphatic rings. The van der Waals surface area contributed by atoms with Gasteiger partial charge in [-0.05, 0) is 44.2 Å². The van der Waals surface area contributed by atoms with E-state index in [-0.39, 0.29) is 28.0 Å². The maximum atomic E-state index is 12.6. The van der Waals surface area contributed by atoms with E-state index in [1.54, 1.807) is 25.1 Å². The summed E-state index contributed by atoms with van der Waals surface area (Å²) in [7, 11) is -3.91. The first kappa shape index (κ1) is 19.5. The van der Waals surface area contributed by atoms with Crippen LogP contribution >= 0.6 is 0 Å². The number of amides is 1. The van der Waals surface area contributed by atoms with Crippen molar-refractivity contribution in [3.05, 3.63) is 48.0 Å². The van der Waals surface area contributed by atoms with Crippen LogP contribution in [0.15, 0.2) is 47.4 Å². The third kappa shape index (κ3) is 4.82. The summed E-state index contributed by atoms with van der Waals surface area (Å²) in [6.45, 7) is 4.88. The number of ether oxygens (including phenoxy) is 1. The van der Waals surface area contributed by atoms with E-state index in [0.717, 1.165) is 0 Å². The second kappa shape index (κ2) is 8.01. The molecule has 0 aliphatic carbocycles. The Bertz CT molecular complexity index is 938. The van der Waals surface area contributed by atoms with Crippen LogP contribution in [-0.4, -0.2) is 26.7 Å². The van der Waals surface area contributed by atoms with Crippen molar-refractivity contribution in [1.29, 1.82) is 0 Å². The normalized spacial score (nSPS) is 10.9. The van der Waals surface area contributed by atoms with Gasteiger partial charge in [-0.2, -0.15) is 0 Å². The maximum Gasteiger partial charge on any atom is 0.261 e. The zero-order valence-electron chi connectivity index (χ0n) is 14.7. The van der Waals surface area contributed by atoms with Gasteiger partial charge >= 0.3 is 0 Å². The quantitative estimate of drug-likeness (QED) is 0.723. The number of benzene rings is 2. The van der Waals surface area contributed by atoms with Crippen molar-refractivity contribution >= 4 is 33.1 Å². The van der Waals surface area contributed by atoms with E-state index in [0.29, 0.717) is 17.9 Å². The monoisotopic (exact) mass is 376 g/mol. The number of ketones is 1. The molecule has 0 bridgehead atoms. The van der Waals surface area contributed by atoms with E-state index in [1.807, 2.05) is 0 Å². The lowest BCUT2D eigenvalue weighted by molar-refractivity contribution is -0.114. The molecular formula is C18H20N2O5S. The molecule has 0 saturated heterocycles. The first-order valence-electron chi connectivity index (χ1n) is 7.91. The Hall–Kier alpha value is -2.87. The van der Waals surface area contributed by atoms with Gasteiger partial charge < -0.3 is 10.1 Å². The number of nitrogens with one attached hydrogen (secondary N) is 2. The minimum absolute atomic E-state index is 0.0436. The Morgan fingerprint density at radius 3 is 2.42 bits per heavy atom. The Labute approximate surface area is 152 Å². The van der Waals surface area contributed by atoms with E-state index in [1.165, 1.54) is 38.1 Å². The van der Waals surface area contributed by atoms with Crippen LogP contribution in [-0.2, 0) is 14.8 Å². The van der Waals surface area contributed by atoms with Crippen molar-refractivity contribution in [3.8, 4) is 5.75 Å². The molecule has 0 spiro atoms. The molecule has 2 aromatic carbocycles. The molecule has 138 valence electrons. The van der Waals surface area contributed by atoms with Crippen LogP contribution in [0.5, 0.6) is 5.75 Å². The number of hydrogen-bond acceptors (Lipinski definition) is 5. The Morgan fingerprint density at radius 1 is 1.08 bits per heavy atom. The van der Waals surface area contributed by atoms with Crippen molar-refractivity contribution in [3.63, 3.8) is 0 Å². The summed E-state index contributed by atoms with van der Waals surface area (Å²) < 4.78 is 33.1. The van der Waals surface area contributed by atoms with Crippen molar-refractivity contribution in [2.24, 2.45) is 0 Å². The molecule has 0 aliphatic heterocycles. The summed E-state index contributed by atoms with van der Waals surface area (Å²) in [6, 6.07) is 10.4. The standard InChI is InChI=1S/C18H20N2O5S/c1-4-25-18-9-8-16(11-17(18)19-13(3)22)26(23,24)20-15-7-5-6-14(10-15)12(2)21/h5-11,20H,4H2,1-3H3,(H,19,22). The minimum Gasteiger partial charge on any atom is -0.492 e. The van der Waals surface area contributed by atoms with E-state index >= 15 is 0 Å². The summed E-state index contributed by atoms with van der Waals surface area (Å²) >= 11 is 0. The first-order chi connectivity index (χ1) is 12.2. The lowest BCUT2D eigenvalue weighted by atomic mass is 10.1. The third-order valence-electron chi connectivity index (χ3n) is 3.39. The zero-order chi connectivity index (χ0) is 19.3. The number of carbonyl (C=O) groups excluding carboxylic acids is 2. The van der Waals surface area contributed by atoms with Crippen molar-refractivity contribution in [2.75, 3.05) is 16.6 Å². The molecule has 2 N–H and O–H groups in total. The maximum absolute atomic E-state index is 12.6. The Balaban J connectivity index is 2.37. The molecular weight excluding hydrogens is 356 g/mol. The van der Waals surface area contributed by atoms with Crippen molar-refractivity contribution in [1.82, 2.24) is 0 Å². The van der Waals surface area contributed by atoms with E-state index < -0.39 is 10.0 Å². The summed E-state index contributed by atoms with van der Waals surface area (Å²) in [4.78, 5) is 22.8. The molecule has 0 fully saturated rings. The highest BCUT2D eigenvalue weighted by molar-refractivity contribution is 7.92. The van der Waals surface area contributed by atoms with Crippen LogP contribution in [0.4, 0.5) is 11.4 Å². The van der Waals surface area contributed by atoms with Gasteiger partial charge in [0, 0.05) is 18.2 Å². The van der Waals surface area contributed by atoms with Gasteiger partial charge in [-0.1, -0.05) is 12.1 Å². The van der Waals surface area contributed by atoms with Gasteiger partial charge in [-0.3, -0.25) is 14.3 Å². The second-order valence-electron chi connectivity index (χ2n) is 5.51. The topological polar surface area (TPSA) is 102 Å². The van der Waals surface area contributed by atoms with E-state index in [9.17, 15) is 18.0 Å². The molecule has 0 unspecified atom stereocenters. The smallest absolute Gasteiger partial charge is 0.261 e. The molecule has 7 nitrogen and oxygen atoms in total. The number of sulfonamides is 1. The molecule has 2 aromatic rings. The SMILES string of the molecule is CCOc1ccc(S(=O)(=O)Nc2cccc(C(C)=O)c2)cc1NC(C)=O. The van der Waals surface area contributed by atoms with Gasteiger partial charge in [-0.25, -0.2) is 8.42 Å². The van der Waals surface area contributed by atoms with Gasteiger partial charge in [0.15, 0.2) is 5.78 Å². The number of hydrogen-bond donors (Lipinski definition) is 2. The molecule has 0 saturated carbocycles. The fourth-order valence-electron chi connectivity index (χ4n) is 2.26. The van der Waals surface area contributed by atoms with Crippen LogP contribution < -0.4 is 14.8 Å². The lowest BCUT2D eigenvalue weighted by Gasteiger charge is -2.14. The highest BCUT2D eigenvalue weighted by Gasteiger charge is 2.18. The largest absolute Gasteiger partial charge is 0.492 e. The zero-order valence-corrected chi connectivity index (χ0v) is 15.5. The average molecular weight is 376 g/mol. The van der Waals surface area contributed by atoms with Gasteiger partial charge in [0.1, 0.15) is 5.75 Å². The molecule has 2 rings (SSSR count). The van der Waals surface area contributed by atoms with Crippen molar-refractivity contribution in [2.45, 2.75) is 25.7 Å². The van der Waals surface area contributed by atoms with E-state index in [4.69, 9.17) is 4.74 Å². The van der Waals surface area contributed by atoms with Gasteiger partial charge in [0.05, 0.1) is 17.2 Å². The number of anilines is 2. The molecule has 0 aromatic heterocycles. The highest BCUT2D eigenvalue weighted by Crippen LogP contribution is 2.29. The number of carbonyl (C=O) groups is 2. The molecule has 1 amide bonds. The summed E-state index contributed by atoms with van der Waals surface area (Å²) in [6.07, 6.45) is 0. The fraction of sp³-hybridized carbons (Fsp3) is 0.222. The van der Waals surface area contributed by atoms with Gasteiger partial charge in [0.25, 0.3) is 10.0 Å². The Morgan fingerprint density at radius 2 is 1.81 bits per heavy atom. The van der Waals surface area contributed by atoms with E-state index in [2.05, 4.69) is 10.0 Å². The van der Waals surface area contributed by atoms with Crippen molar-refractivity contribution < 1.29 is 22.7 Å². The molecule has 0 heterocycles. The van der Waals surface area contributed by atoms with Gasteiger partial charge in [0.2, 0.25) is 5.91 Å². The molecule has 8 heteroatoms. The number of rotatable bonds is 7. The average Bonchev–Trinajstić information content (AvgIpc) is 2.56. The predicted octanol–water partition coefficient (Wildman–Crippen LogP) is 3.05. The third-order valence-corrected chi connectivity index (χ3v) is 4.77. The van der Waals surface area contributed by atoms with Gasteiger partial charge in [-0.15, -0.1) is 0 Å². The second-order valence-corrected chi connectivity index (χ2v) is 7.20. The minimum atomic E-state index is -3.91. The predicted molar refractivity (Wildman–Crippen MR) is 99.2 cm³/mol. The summed E-state index contributed by atoms with van der Waals surface area (Å²) in [5.41, 5.74) is 0.934. The Kier molecular flexibility index (Phi) is 5.99. The lowest BCUT2D eigenvalue weighted by Crippen LogP contribution is -2.15. The fourth-order valence-corrected chi connectivity index (χ4v) is 3.34. The summed E-state index contributed by atoms with van der Waals surface area (Å²) in [5, 5.41) is 2.56. The van der Waals surface area contributed by atoms with Crippen LogP contribution in [0.1, 0.15) is 31.1 Å². The molecule has 26 heavy (non-hydrogen) atoms. The van der Waals surface area contributed by atoms with Crippen LogP contribution in [0.25, 0.3) is 0 Å². The van der Waals surface area contributed by atoms with Crippen LogP contribution in [0, 0.1) is 0 Å².